The molecule has 1 aliphatic heterocycles. The summed E-state index contributed by atoms with van der Waals surface area (Å²) >= 11 is 0. The Morgan fingerprint density at radius 2 is 1.18 bits per heavy atom. The third-order valence-corrected chi connectivity index (χ3v) is 9.52. The fourth-order valence-electron chi connectivity index (χ4n) is 6.86. The fourth-order valence-corrected chi connectivity index (χ4v) is 6.86. The van der Waals surface area contributed by atoms with E-state index in [0.717, 1.165) is 50.0 Å². The molecule has 2 heterocycles. The molecular formula is C44H44FNO5. The van der Waals surface area contributed by atoms with Gasteiger partial charge in [-0.3, -0.25) is 0 Å². The predicted octanol–water partition coefficient (Wildman–Crippen LogP) is 9.17. The fraction of sp³-hybridized carbons (Fsp3) is 0.273. The highest BCUT2D eigenvalue weighted by Crippen LogP contribution is 2.39. The number of hydrogen-bond acceptors (Lipinski definition) is 5. The van der Waals surface area contributed by atoms with Gasteiger partial charge in [0.2, 0.25) is 0 Å². The molecule has 5 aromatic carbocycles. The molecule has 262 valence electrons. The number of ether oxygens (including phenoxy) is 5. The molecule has 6 aromatic rings. The van der Waals surface area contributed by atoms with Crippen LogP contribution in [0, 0.1) is 6.92 Å². The van der Waals surface area contributed by atoms with Crippen LogP contribution in [0.2, 0.25) is 0 Å². The highest BCUT2D eigenvalue weighted by Gasteiger charge is 2.49. The topological polar surface area (TPSA) is 51.1 Å². The zero-order valence-corrected chi connectivity index (χ0v) is 29.1. The Kier molecular flexibility index (Phi) is 11.2. The van der Waals surface area contributed by atoms with Gasteiger partial charge in [0.1, 0.15) is 36.8 Å². The molecule has 0 radical (unpaired) electrons. The molecule has 1 aliphatic rings. The zero-order chi connectivity index (χ0) is 35.0. The van der Waals surface area contributed by atoms with Crippen LogP contribution >= 0.6 is 0 Å². The van der Waals surface area contributed by atoms with Crippen molar-refractivity contribution in [3.63, 3.8) is 0 Å². The minimum atomic E-state index is -0.900. The van der Waals surface area contributed by atoms with Crippen molar-refractivity contribution < 1.29 is 28.1 Å². The molecule has 0 saturated carbocycles. The summed E-state index contributed by atoms with van der Waals surface area (Å²) in [5.74, 6) is 0.814. The van der Waals surface area contributed by atoms with Gasteiger partial charge in [-0.05, 0) is 64.9 Å². The van der Waals surface area contributed by atoms with Gasteiger partial charge in [-0.25, -0.2) is 4.39 Å². The summed E-state index contributed by atoms with van der Waals surface area (Å²) in [6.45, 7) is 2.24. The van der Waals surface area contributed by atoms with E-state index in [0.29, 0.717) is 19.6 Å². The van der Waals surface area contributed by atoms with E-state index >= 15 is 4.39 Å². The smallest absolute Gasteiger partial charge is 0.163 e. The van der Waals surface area contributed by atoms with E-state index in [1.165, 1.54) is 0 Å². The summed E-state index contributed by atoms with van der Waals surface area (Å²) in [5, 5.41) is 1.10. The van der Waals surface area contributed by atoms with Crippen molar-refractivity contribution in [2.75, 3.05) is 13.8 Å². The lowest BCUT2D eigenvalue weighted by Gasteiger charge is -2.46. The molecule has 7 rings (SSSR count). The molecule has 0 unspecified atom stereocenters. The quantitative estimate of drug-likeness (QED) is 0.115. The van der Waals surface area contributed by atoms with Crippen LogP contribution in [0.15, 0.2) is 140 Å². The predicted molar refractivity (Wildman–Crippen MR) is 197 cm³/mol. The Morgan fingerprint density at radius 3 is 1.73 bits per heavy atom. The average Bonchev–Trinajstić information content (AvgIpc) is 3.53. The molecule has 1 aromatic heterocycles. The van der Waals surface area contributed by atoms with Gasteiger partial charge in [0, 0.05) is 11.6 Å². The molecule has 1 fully saturated rings. The van der Waals surface area contributed by atoms with Crippen LogP contribution in [0.3, 0.4) is 0 Å². The summed E-state index contributed by atoms with van der Waals surface area (Å²) in [7, 11) is 1.67. The van der Waals surface area contributed by atoms with E-state index in [1.807, 2.05) is 103 Å². The largest absolute Gasteiger partial charge is 0.497 e. The molecule has 0 N–H and O–H groups in total. The van der Waals surface area contributed by atoms with E-state index < -0.39 is 37.3 Å². The van der Waals surface area contributed by atoms with Crippen LogP contribution < -0.4 is 4.74 Å². The molecule has 0 aliphatic carbocycles. The van der Waals surface area contributed by atoms with Crippen molar-refractivity contribution in [1.29, 1.82) is 0 Å². The van der Waals surface area contributed by atoms with Crippen LogP contribution in [-0.2, 0) is 45.2 Å². The van der Waals surface area contributed by atoms with Crippen molar-refractivity contribution in [3.8, 4) is 5.75 Å². The standard InChI is InChI=1S/C44H44FNO5/c1-31-18-23-38-36(25-32-19-21-37(47-2)22-20-32)27-46(39(38)24-31)44-43(50-30-35-16-10-5-11-17-35)42(49-29-34-14-8-4-9-15-34)41(40(26-45)51-44)48-28-33-12-6-3-7-13-33/h3-24,27,40-44H,25-26,28-30H2,1-2H3/t40-,41-,42+,43-,44-/m1/s1. The maximum atomic E-state index is 15.3. The first-order valence-corrected chi connectivity index (χ1v) is 17.5. The summed E-state index contributed by atoms with van der Waals surface area (Å²) < 4.78 is 49.8. The minimum absolute atomic E-state index is 0.282. The number of benzene rings is 5. The van der Waals surface area contributed by atoms with Gasteiger partial charge in [0.05, 0.1) is 32.4 Å². The maximum Gasteiger partial charge on any atom is 0.163 e. The van der Waals surface area contributed by atoms with Crippen LogP contribution in [-0.4, -0.2) is 42.8 Å². The minimum Gasteiger partial charge on any atom is -0.497 e. The molecule has 5 atom stereocenters. The highest BCUT2D eigenvalue weighted by atomic mass is 19.1. The van der Waals surface area contributed by atoms with Gasteiger partial charge >= 0.3 is 0 Å². The first-order valence-electron chi connectivity index (χ1n) is 17.5. The number of alkyl halides is 1. The van der Waals surface area contributed by atoms with E-state index in [2.05, 4.69) is 48.0 Å². The van der Waals surface area contributed by atoms with Gasteiger partial charge in [0.15, 0.2) is 6.23 Å². The molecule has 51 heavy (non-hydrogen) atoms. The molecule has 0 amide bonds. The third kappa shape index (κ3) is 8.24. The van der Waals surface area contributed by atoms with Crippen LogP contribution in [0.25, 0.3) is 10.9 Å². The first kappa shape index (κ1) is 34.6. The van der Waals surface area contributed by atoms with Crippen LogP contribution in [0.5, 0.6) is 5.75 Å². The van der Waals surface area contributed by atoms with Gasteiger partial charge in [-0.15, -0.1) is 0 Å². The summed E-state index contributed by atoms with van der Waals surface area (Å²) in [4.78, 5) is 0. The van der Waals surface area contributed by atoms with E-state index in [1.54, 1.807) is 7.11 Å². The van der Waals surface area contributed by atoms with E-state index in [4.69, 9.17) is 23.7 Å². The number of aromatic nitrogens is 1. The number of halogens is 1. The Labute approximate surface area is 299 Å². The molecule has 7 heteroatoms. The van der Waals surface area contributed by atoms with Gasteiger partial charge in [0.25, 0.3) is 0 Å². The first-order chi connectivity index (χ1) is 25.1. The zero-order valence-electron chi connectivity index (χ0n) is 29.1. The van der Waals surface area contributed by atoms with Crippen molar-refractivity contribution in [2.24, 2.45) is 0 Å². The highest BCUT2D eigenvalue weighted by molar-refractivity contribution is 5.85. The Hall–Kier alpha value is -4.79. The van der Waals surface area contributed by atoms with Crippen molar-refractivity contribution in [2.45, 2.75) is 63.8 Å². The second-order valence-electron chi connectivity index (χ2n) is 13.1. The number of fused-ring (bicyclic) bond motifs is 1. The van der Waals surface area contributed by atoms with Gasteiger partial charge < -0.3 is 28.3 Å². The summed E-state index contributed by atoms with van der Waals surface area (Å²) in [6.07, 6.45) is -0.830. The number of methoxy groups -OCH3 is 1. The summed E-state index contributed by atoms with van der Waals surface area (Å²) in [6, 6.07) is 44.5. The lowest BCUT2D eigenvalue weighted by Crippen LogP contribution is -2.58. The SMILES string of the molecule is COc1ccc(Cc2cn([C@@H]3O[C@H](CF)[C@@H](OCc4ccccc4)[C@H](OCc4ccccc4)[C@H]3OCc3ccccc3)c3cc(C)ccc23)cc1. The number of aryl methyl sites for hydroxylation is 1. The van der Waals surface area contributed by atoms with Crippen molar-refractivity contribution in [1.82, 2.24) is 4.57 Å². The Balaban J connectivity index is 1.30. The summed E-state index contributed by atoms with van der Waals surface area (Å²) in [5.41, 5.74) is 7.37. The average molecular weight is 686 g/mol. The van der Waals surface area contributed by atoms with Crippen LogP contribution in [0.4, 0.5) is 4.39 Å². The maximum absolute atomic E-state index is 15.3. The van der Waals surface area contributed by atoms with Crippen molar-refractivity contribution in [3.05, 3.63) is 173 Å². The lowest BCUT2D eigenvalue weighted by molar-refractivity contribution is -0.284. The van der Waals surface area contributed by atoms with Gasteiger partial charge in [-0.1, -0.05) is 115 Å². The lowest BCUT2D eigenvalue weighted by atomic mass is 9.97. The molecule has 1 saturated heterocycles. The number of hydrogen-bond donors (Lipinski definition) is 0. The number of rotatable bonds is 14. The van der Waals surface area contributed by atoms with Crippen molar-refractivity contribution >= 4 is 10.9 Å². The Morgan fingerprint density at radius 1 is 0.627 bits per heavy atom. The van der Waals surface area contributed by atoms with Gasteiger partial charge in [-0.2, -0.15) is 0 Å². The molecule has 6 nitrogen and oxygen atoms in total. The monoisotopic (exact) mass is 685 g/mol. The second-order valence-corrected chi connectivity index (χ2v) is 13.1. The van der Waals surface area contributed by atoms with Crippen LogP contribution in [0.1, 0.15) is 39.6 Å². The van der Waals surface area contributed by atoms with E-state index in [9.17, 15) is 0 Å². The second kappa shape index (κ2) is 16.5. The Bertz CT molecular complexity index is 1970. The molecular weight excluding hydrogens is 641 g/mol. The van der Waals surface area contributed by atoms with E-state index in [-0.39, 0.29) is 6.61 Å². The number of nitrogens with zero attached hydrogens (tertiary/aromatic N) is 1. The normalized spacial score (nSPS) is 20.4. The third-order valence-electron chi connectivity index (χ3n) is 9.52. The molecule has 0 bridgehead atoms. The molecule has 0 spiro atoms.